The Labute approximate surface area is 124 Å². The highest BCUT2D eigenvalue weighted by molar-refractivity contribution is 8.00. The van der Waals surface area contributed by atoms with Crippen LogP contribution in [0.3, 0.4) is 0 Å². The number of aliphatic hydroxyl groups is 1. The molecule has 114 valence electrons. The number of nitrogens with zero attached hydrogens (tertiary/aromatic N) is 2. The van der Waals surface area contributed by atoms with Gasteiger partial charge >= 0.3 is 5.76 Å². The van der Waals surface area contributed by atoms with Gasteiger partial charge in [0.2, 0.25) is 9.84 Å². The molecule has 0 aliphatic carbocycles. The maximum absolute atomic E-state index is 12.7. The number of hydrogen-bond acceptors (Lipinski definition) is 5. The number of halogens is 2. The molecule has 1 heterocycles. The summed E-state index contributed by atoms with van der Waals surface area (Å²) in [5, 5.41) is 9.49. The summed E-state index contributed by atoms with van der Waals surface area (Å²) in [5.74, 6) is -3.48. The van der Waals surface area contributed by atoms with Crippen LogP contribution in [0.2, 0.25) is 0 Å². The van der Waals surface area contributed by atoms with Gasteiger partial charge in [0.15, 0.2) is 5.16 Å². The van der Waals surface area contributed by atoms with Crippen molar-refractivity contribution in [1.29, 1.82) is 0 Å². The molecule has 1 aromatic heterocycles. The van der Waals surface area contributed by atoms with E-state index in [2.05, 4.69) is 4.98 Å². The van der Waals surface area contributed by atoms with E-state index in [0.29, 0.717) is 10.9 Å². The minimum atomic E-state index is -4.68. The summed E-state index contributed by atoms with van der Waals surface area (Å²) in [5.41, 5.74) is 0.534. The molecule has 0 spiro atoms. The summed E-state index contributed by atoms with van der Waals surface area (Å²) in [6.07, 6.45) is 1.44. The number of hydrogen-bond donors (Lipinski definition) is 1. The number of alkyl halides is 2. The third kappa shape index (κ3) is 3.09. The van der Waals surface area contributed by atoms with Gasteiger partial charge in [-0.15, -0.1) is 0 Å². The Morgan fingerprint density at radius 1 is 1.38 bits per heavy atom. The van der Waals surface area contributed by atoms with Crippen LogP contribution in [0.5, 0.6) is 0 Å². The van der Waals surface area contributed by atoms with Crippen molar-refractivity contribution in [3.05, 3.63) is 36.2 Å². The maximum Gasteiger partial charge on any atom is 0.341 e. The van der Waals surface area contributed by atoms with Gasteiger partial charge in [0.1, 0.15) is 0 Å². The Hall–Kier alpha value is -1.45. The molecule has 0 fully saturated rings. The Morgan fingerprint density at radius 3 is 2.62 bits per heavy atom. The molecule has 0 unspecified atom stereocenters. The fourth-order valence-electron chi connectivity index (χ4n) is 1.63. The highest BCUT2D eigenvalue weighted by atomic mass is 32.2. The monoisotopic (exact) mass is 334 g/mol. The largest absolute Gasteiger partial charge is 0.390 e. The first-order valence-electron chi connectivity index (χ1n) is 5.78. The number of rotatable bonds is 5. The normalized spacial score (nSPS) is 12.0. The van der Waals surface area contributed by atoms with Crippen molar-refractivity contribution >= 4 is 21.6 Å². The number of imidazole rings is 1. The van der Waals surface area contributed by atoms with Crippen molar-refractivity contribution < 1.29 is 22.3 Å². The van der Waals surface area contributed by atoms with E-state index >= 15 is 0 Å². The van der Waals surface area contributed by atoms with Gasteiger partial charge in [0, 0.05) is 11.9 Å². The first-order chi connectivity index (χ1) is 9.87. The fourth-order valence-corrected chi connectivity index (χ4v) is 3.79. The zero-order valence-electron chi connectivity index (χ0n) is 10.9. The van der Waals surface area contributed by atoms with Gasteiger partial charge in [-0.2, -0.15) is 8.78 Å². The van der Waals surface area contributed by atoms with Crippen molar-refractivity contribution in [2.45, 2.75) is 27.3 Å². The fraction of sp³-hybridized carbons (Fsp3) is 0.250. The van der Waals surface area contributed by atoms with E-state index in [1.807, 2.05) is 0 Å². The molecule has 0 saturated heterocycles. The van der Waals surface area contributed by atoms with Crippen LogP contribution in [0.25, 0.3) is 0 Å². The first kappa shape index (κ1) is 15.9. The molecule has 1 N–H and O–H groups in total. The predicted octanol–water partition coefficient (Wildman–Crippen LogP) is 2.06. The lowest BCUT2D eigenvalue weighted by atomic mass is 10.4. The second-order valence-electron chi connectivity index (χ2n) is 4.10. The van der Waals surface area contributed by atoms with Gasteiger partial charge in [0.25, 0.3) is 0 Å². The van der Waals surface area contributed by atoms with Gasteiger partial charge in [-0.25, -0.2) is 13.4 Å². The summed E-state index contributed by atoms with van der Waals surface area (Å²) in [4.78, 5) is 3.76. The smallest absolute Gasteiger partial charge is 0.341 e. The molecule has 2 aromatic rings. The third-order valence-corrected chi connectivity index (χ3v) is 5.50. The Bertz CT molecular complexity index is 745. The van der Waals surface area contributed by atoms with Crippen LogP contribution in [0.15, 0.2) is 45.4 Å². The van der Waals surface area contributed by atoms with Crippen LogP contribution < -0.4 is 0 Å². The third-order valence-electron chi connectivity index (χ3n) is 2.80. The van der Waals surface area contributed by atoms with E-state index < -0.39 is 20.5 Å². The molecule has 2 rings (SSSR count). The molecule has 0 radical (unpaired) electrons. The second-order valence-corrected chi connectivity index (χ2v) is 7.00. The summed E-state index contributed by atoms with van der Waals surface area (Å²) in [7, 11) is -3.04. The average Bonchev–Trinajstić information content (AvgIpc) is 2.80. The topological polar surface area (TPSA) is 72.2 Å². The van der Waals surface area contributed by atoms with Gasteiger partial charge in [-0.1, -0.05) is 23.9 Å². The van der Waals surface area contributed by atoms with Crippen molar-refractivity contribution in [3.8, 4) is 0 Å². The van der Waals surface area contributed by atoms with Crippen LogP contribution >= 0.6 is 11.8 Å². The van der Waals surface area contributed by atoms with Crippen LogP contribution in [-0.2, 0) is 23.5 Å². The summed E-state index contributed by atoms with van der Waals surface area (Å²) >= 11 is 0.950. The SMILES string of the molecule is Cn1c(CO)cnc1Sc1ccccc1S(=O)(=O)C(F)F. The molecule has 5 nitrogen and oxygen atoms in total. The summed E-state index contributed by atoms with van der Waals surface area (Å²) in [6, 6.07) is 5.52. The zero-order valence-corrected chi connectivity index (χ0v) is 12.5. The van der Waals surface area contributed by atoms with Gasteiger partial charge in [0.05, 0.1) is 23.4 Å². The summed E-state index contributed by atoms with van der Waals surface area (Å²) < 4.78 is 50.3. The van der Waals surface area contributed by atoms with E-state index in [9.17, 15) is 17.2 Å². The van der Waals surface area contributed by atoms with Crippen LogP contribution in [0.4, 0.5) is 8.78 Å². The molecule has 21 heavy (non-hydrogen) atoms. The van der Waals surface area contributed by atoms with Crippen LogP contribution in [0, 0.1) is 0 Å². The number of benzene rings is 1. The van der Waals surface area contributed by atoms with Crippen LogP contribution in [-0.4, -0.2) is 28.8 Å². The van der Waals surface area contributed by atoms with E-state index in [-0.39, 0.29) is 11.5 Å². The number of aliphatic hydroxyl groups excluding tert-OH is 1. The lowest BCUT2D eigenvalue weighted by Gasteiger charge is -2.09. The molecule has 0 aliphatic rings. The molecular formula is C12H12F2N2O3S2. The van der Waals surface area contributed by atoms with Crippen molar-refractivity contribution in [3.63, 3.8) is 0 Å². The highest BCUT2D eigenvalue weighted by Gasteiger charge is 2.29. The summed E-state index contributed by atoms with van der Waals surface area (Å²) in [6.45, 7) is -0.221. The highest BCUT2D eigenvalue weighted by Crippen LogP contribution is 2.34. The van der Waals surface area contributed by atoms with Crippen molar-refractivity contribution in [2.75, 3.05) is 0 Å². The molecule has 1 aromatic carbocycles. The standard InChI is InChI=1S/C12H12F2N2O3S2/c1-16-8(7-17)6-15-12(16)20-9-4-2-3-5-10(9)21(18,19)11(13)14/h2-6,11,17H,7H2,1H3. The van der Waals surface area contributed by atoms with Gasteiger partial charge in [-0.05, 0) is 12.1 Å². The first-order valence-corrected chi connectivity index (χ1v) is 8.14. The Kier molecular flexibility index (Phi) is 4.64. The molecule has 0 saturated carbocycles. The maximum atomic E-state index is 12.7. The predicted molar refractivity (Wildman–Crippen MR) is 72.9 cm³/mol. The molecule has 0 atom stereocenters. The van der Waals surface area contributed by atoms with Gasteiger partial charge in [-0.3, -0.25) is 0 Å². The quantitative estimate of drug-likeness (QED) is 0.906. The Balaban J connectivity index is 2.44. The zero-order chi connectivity index (χ0) is 15.6. The lowest BCUT2D eigenvalue weighted by Crippen LogP contribution is -2.12. The van der Waals surface area contributed by atoms with Crippen molar-refractivity contribution in [1.82, 2.24) is 9.55 Å². The second kappa shape index (κ2) is 6.12. The molecule has 0 amide bonds. The molecule has 0 bridgehead atoms. The minimum absolute atomic E-state index is 0.163. The van der Waals surface area contributed by atoms with E-state index in [4.69, 9.17) is 5.11 Å². The van der Waals surface area contributed by atoms with E-state index in [1.54, 1.807) is 17.7 Å². The van der Waals surface area contributed by atoms with Crippen molar-refractivity contribution in [2.24, 2.45) is 7.05 Å². The van der Waals surface area contributed by atoms with E-state index in [1.165, 1.54) is 18.3 Å². The lowest BCUT2D eigenvalue weighted by molar-refractivity contribution is 0.234. The molecule has 0 aliphatic heterocycles. The van der Waals surface area contributed by atoms with Crippen LogP contribution in [0.1, 0.15) is 5.69 Å². The number of sulfone groups is 1. The minimum Gasteiger partial charge on any atom is -0.390 e. The number of aromatic nitrogens is 2. The molecular weight excluding hydrogens is 322 g/mol. The molecule has 9 heteroatoms. The van der Waals surface area contributed by atoms with Gasteiger partial charge < -0.3 is 9.67 Å². The average molecular weight is 334 g/mol. The Morgan fingerprint density at radius 2 is 2.05 bits per heavy atom. The van der Waals surface area contributed by atoms with E-state index in [0.717, 1.165) is 17.8 Å².